The maximum atomic E-state index is 11.5. The van der Waals surface area contributed by atoms with Gasteiger partial charge < -0.3 is 5.32 Å². The Morgan fingerprint density at radius 2 is 1.93 bits per heavy atom. The fraction of sp³-hybridized carbons (Fsp3) is 0.462. The van der Waals surface area contributed by atoms with Crippen LogP contribution in [0.5, 0.6) is 0 Å². The third-order valence-electron chi connectivity index (χ3n) is 1.80. The van der Waals surface area contributed by atoms with E-state index >= 15 is 0 Å². The van der Waals surface area contributed by atoms with Gasteiger partial charge in [0, 0.05) is 11.6 Å². The van der Waals surface area contributed by atoms with Crippen molar-refractivity contribution in [3.63, 3.8) is 0 Å². The van der Waals surface area contributed by atoms with E-state index in [0.717, 1.165) is 18.4 Å². The minimum atomic E-state index is -0.0412. The summed E-state index contributed by atoms with van der Waals surface area (Å²) in [5.41, 5.74) is 1.46. The summed E-state index contributed by atoms with van der Waals surface area (Å²) in [7, 11) is 0. The molecule has 2 heteroatoms. The topological polar surface area (TPSA) is 29.1 Å². The molecule has 0 aromatic rings. The Labute approximate surface area is 92.8 Å². The van der Waals surface area contributed by atoms with Crippen molar-refractivity contribution in [2.24, 2.45) is 0 Å². The molecule has 0 spiro atoms. The summed E-state index contributed by atoms with van der Waals surface area (Å²) in [6.07, 6.45) is 5.50. The molecule has 15 heavy (non-hydrogen) atoms. The van der Waals surface area contributed by atoms with Crippen LogP contribution in [-0.4, -0.2) is 11.9 Å². The molecule has 0 atom stereocenters. The Balaban J connectivity index is 0.000000921. The Kier molecular flexibility index (Phi) is 6.43. The van der Waals surface area contributed by atoms with Crippen molar-refractivity contribution in [3.05, 3.63) is 36.5 Å². The van der Waals surface area contributed by atoms with Crippen LogP contribution in [0, 0.1) is 0 Å². The van der Waals surface area contributed by atoms with Gasteiger partial charge in [0.05, 0.1) is 0 Å². The summed E-state index contributed by atoms with van der Waals surface area (Å²) in [4.78, 5) is 11.5. The smallest absolute Gasteiger partial charge is 0.251 e. The molecule has 0 bridgehead atoms. The molecule has 0 saturated heterocycles. The second-order valence-electron chi connectivity index (χ2n) is 3.40. The summed E-state index contributed by atoms with van der Waals surface area (Å²) >= 11 is 0. The molecule has 2 nitrogen and oxygen atoms in total. The summed E-state index contributed by atoms with van der Waals surface area (Å²) < 4.78 is 0. The fourth-order valence-electron chi connectivity index (χ4n) is 0.979. The second-order valence-corrected chi connectivity index (χ2v) is 3.40. The first kappa shape index (κ1) is 13.7. The average molecular weight is 207 g/mol. The Bertz CT molecular complexity index is 272. The largest absolute Gasteiger partial charge is 0.349 e. The number of amides is 1. The van der Waals surface area contributed by atoms with Gasteiger partial charge in [0.2, 0.25) is 0 Å². The van der Waals surface area contributed by atoms with E-state index in [1.807, 2.05) is 20.8 Å². The number of rotatable bonds is 4. The number of nitrogens with one attached hydrogen (secondary N) is 1. The molecule has 0 unspecified atom stereocenters. The summed E-state index contributed by atoms with van der Waals surface area (Å²) in [6.45, 7) is 13.2. The summed E-state index contributed by atoms with van der Waals surface area (Å²) in [5, 5.41) is 2.89. The number of hydrogen-bond acceptors (Lipinski definition) is 1. The van der Waals surface area contributed by atoms with Gasteiger partial charge in [-0.15, -0.1) is 0 Å². The maximum Gasteiger partial charge on any atom is 0.251 e. The zero-order chi connectivity index (χ0) is 11.8. The fourth-order valence-corrected chi connectivity index (χ4v) is 0.979. The van der Waals surface area contributed by atoms with E-state index in [-0.39, 0.29) is 5.91 Å². The first-order valence-electron chi connectivity index (χ1n) is 5.44. The van der Waals surface area contributed by atoms with E-state index < -0.39 is 0 Å². The lowest BCUT2D eigenvalue weighted by Gasteiger charge is -2.03. The normalized spacial score (nSPS) is 14.7. The van der Waals surface area contributed by atoms with E-state index in [2.05, 4.69) is 18.5 Å². The zero-order valence-corrected chi connectivity index (χ0v) is 9.97. The second kappa shape index (κ2) is 7.04. The lowest BCUT2D eigenvalue weighted by molar-refractivity contribution is -0.117. The molecular formula is C13H21NO. The predicted octanol–water partition coefficient (Wildman–Crippen LogP) is 2.98. The van der Waals surface area contributed by atoms with Gasteiger partial charge in [-0.2, -0.15) is 0 Å². The molecule has 0 aromatic heterocycles. The molecule has 1 N–H and O–H groups in total. The highest BCUT2D eigenvalue weighted by molar-refractivity contribution is 5.96. The lowest BCUT2D eigenvalue weighted by atomic mass is 10.1. The number of allylic oxidation sites excluding steroid dienone is 2. The molecule has 0 radical (unpaired) electrons. The SMILES string of the molecule is C=C/C(=C\C(=C)C)C(=O)NC1CC1.CC. The lowest BCUT2D eigenvalue weighted by Crippen LogP contribution is -2.26. The van der Waals surface area contributed by atoms with Crippen molar-refractivity contribution in [3.8, 4) is 0 Å². The highest BCUT2D eigenvalue weighted by atomic mass is 16.1. The van der Waals surface area contributed by atoms with Gasteiger partial charge in [-0.05, 0) is 25.8 Å². The van der Waals surface area contributed by atoms with Gasteiger partial charge in [-0.3, -0.25) is 4.79 Å². The van der Waals surface area contributed by atoms with E-state index in [4.69, 9.17) is 0 Å². The quantitative estimate of drug-likeness (QED) is 0.557. The monoisotopic (exact) mass is 207 g/mol. The van der Waals surface area contributed by atoms with Crippen LogP contribution in [0.3, 0.4) is 0 Å². The Morgan fingerprint density at radius 1 is 1.40 bits per heavy atom. The van der Waals surface area contributed by atoms with Crippen molar-refractivity contribution >= 4 is 5.91 Å². The van der Waals surface area contributed by atoms with Gasteiger partial charge in [-0.25, -0.2) is 0 Å². The van der Waals surface area contributed by atoms with Crippen molar-refractivity contribution in [2.45, 2.75) is 39.7 Å². The molecule has 0 aliphatic heterocycles. The van der Waals surface area contributed by atoms with Gasteiger partial charge in [-0.1, -0.05) is 38.7 Å². The first-order chi connectivity index (χ1) is 7.13. The van der Waals surface area contributed by atoms with Crippen molar-refractivity contribution in [1.29, 1.82) is 0 Å². The predicted molar refractivity (Wildman–Crippen MR) is 65.6 cm³/mol. The molecule has 1 saturated carbocycles. The first-order valence-corrected chi connectivity index (χ1v) is 5.44. The van der Waals surface area contributed by atoms with E-state index in [1.54, 1.807) is 12.2 Å². The van der Waals surface area contributed by atoms with E-state index in [0.29, 0.717) is 11.6 Å². The van der Waals surface area contributed by atoms with Crippen LogP contribution in [0.1, 0.15) is 33.6 Å². The number of carbonyl (C=O) groups is 1. The van der Waals surface area contributed by atoms with Crippen molar-refractivity contribution in [2.75, 3.05) is 0 Å². The Hall–Kier alpha value is -1.31. The van der Waals surface area contributed by atoms with Crippen molar-refractivity contribution in [1.82, 2.24) is 5.32 Å². The average Bonchev–Trinajstić information content (AvgIpc) is 3.00. The van der Waals surface area contributed by atoms with Gasteiger partial charge >= 0.3 is 0 Å². The highest BCUT2D eigenvalue weighted by Gasteiger charge is 2.23. The molecular weight excluding hydrogens is 186 g/mol. The number of carbonyl (C=O) groups excluding carboxylic acids is 1. The van der Waals surface area contributed by atoms with Crippen molar-refractivity contribution < 1.29 is 4.79 Å². The zero-order valence-electron chi connectivity index (χ0n) is 9.97. The molecule has 0 aromatic carbocycles. The third-order valence-corrected chi connectivity index (χ3v) is 1.80. The Morgan fingerprint density at radius 3 is 2.27 bits per heavy atom. The van der Waals surface area contributed by atoms with E-state index in [1.165, 1.54) is 0 Å². The van der Waals surface area contributed by atoms with Crippen LogP contribution in [0.2, 0.25) is 0 Å². The van der Waals surface area contributed by atoms with Gasteiger partial charge in [0.25, 0.3) is 5.91 Å². The van der Waals surface area contributed by atoms with Gasteiger partial charge in [0.1, 0.15) is 0 Å². The van der Waals surface area contributed by atoms with Crippen LogP contribution in [-0.2, 0) is 4.79 Å². The van der Waals surface area contributed by atoms with Crippen LogP contribution in [0.25, 0.3) is 0 Å². The molecule has 1 rings (SSSR count). The molecule has 1 aliphatic rings. The van der Waals surface area contributed by atoms with Crippen LogP contribution in [0.15, 0.2) is 36.5 Å². The summed E-state index contributed by atoms with van der Waals surface area (Å²) in [5.74, 6) is -0.0412. The van der Waals surface area contributed by atoms with E-state index in [9.17, 15) is 4.79 Å². The summed E-state index contributed by atoms with van der Waals surface area (Å²) in [6, 6.07) is 0.390. The molecule has 1 amide bonds. The minimum absolute atomic E-state index is 0.0412. The van der Waals surface area contributed by atoms with Crippen LogP contribution >= 0.6 is 0 Å². The molecule has 1 fully saturated rings. The van der Waals surface area contributed by atoms with Crippen LogP contribution < -0.4 is 5.32 Å². The standard InChI is InChI=1S/C11H15NO.C2H6/c1-4-9(7-8(2)3)11(13)12-10-5-6-10;1-2/h4,7,10H,1-2,5-6H2,3H3,(H,12,13);1-2H3/b9-7+;. The minimum Gasteiger partial charge on any atom is -0.349 e. The van der Waals surface area contributed by atoms with Gasteiger partial charge in [0.15, 0.2) is 0 Å². The highest BCUT2D eigenvalue weighted by Crippen LogP contribution is 2.19. The number of hydrogen-bond donors (Lipinski definition) is 1. The molecule has 0 heterocycles. The molecule has 84 valence electrons. The molecule has 1 aliphatic carbocycles. The maximum absolute atomic E-state index is 11.5. The van der Waals surface area contributed by atoms with Crippen LogP contribution in [0.4, 0.5) is 0 Å². The third kappa shape index (κ3) is 5.89.